The van der Waals surface area contributed by atoms with Crippen molar-refractivity contribution in [2.24, 2.45) is 9.98 Å². The van der Waals surface area contributed by atoms with Gasteiger partial charge in [0.2, 0.25) is 0 Å². The Balaban J connectivity index is 0.00000169. The quantitative estimate of drug-likeness (QED) is 0.564. The summed E-state index contributed by atoms with van der Waals surface area (Å²) in [5, 5.41) is 0. The molecule has 0 saturated heterocycles. The van der Waals surface area contributed by atoms with Crippen LogP contribution in [0.1, 0.15) is 29.6 Å². The third-order valence-corrected chi connectivity index (χ3v) is 4.02. The molecule has 24 heavy (non-hydrogen) atoms. The Morgan fingerprint density at radius 3 is 1.67 bits per heavy atom. The van der Waals surface area contributed by atoms with E-state index in [1.54, 1.807) is 0 Å². The van der Waals surface area contributed by atoms with E-state index in [0.717, 1.165) is 29.0 Å². The molecule has 120 valence electrons. The fraction of sp³-hybridized carbons (Fsp3) is 0.143. The zero-order valence-electron chi connectivity index (χ0n) is 13.0. The Kier molecular flexibility index (Phi) is 5.37. The van der Waals surface area contributed by atoms with E-state index < -0.39 is 0 Å². The molecule has 2 heterocycles. The van der Waals surface area contributed by atoms with Crippen molar-refractivity contribution in [3.63, 3.8) is 0 Å². The van der Waals surface area contributed by atoms with Crippen LogP contribution in [0.4, 0.5) is 0 Å². The summed E-state index contributed by atoms with van der Waals surface area (Å²) >= 11 is 0. The maximum Gasteiger partial charge on any atom is 2.00 e. The van der Waals surface area contributed by atoms with Crippen molar-refractivity contribution < 1.29 is 21.1 Å². The van der Waals surface area contributed by atoms with Gasteiger partial charge in [-0.2, -0.15) is 60.7 Å². The molecule has 4 rings (SSSR count). The summed E-state index contributed by atoms with van der Waals surface area (Å²) in [5.41, 5.74) is 4.38. The molecule has 2 aromatic carbocycles. The Morgan fingerprint density at radius 2 is 1.25 bits per heavy atom. The Morgan fingerprint density at radius 1 is 0.750 bits per heavy atom. The standard InChI is InChI=1S/C21H16N2.Pt/c1-3-7-16(8-4-1)20-13-11-18(22-20)15-19-12-14-21(23-19)17-9-5-2-6-10-17;/h1-7,9,11-14,20-21H,15H2;/q-2;+2. The van der Waals surface area contributed by atoms with Gasteiger partial charge in [0.25, 0.3) is 0 Å². The molecule has 0 N–H and O–H groups in total. The van der Waals surface area contributed by atoms with Crippen LogP contribution in [-0.4, -0.2) is 11.4 Å². The van der Waals surface area contributed by atoms with Gasteiger partial charge in [0.05, 0.1) is 12.1 Å². The summed E-state index contributed by atoms with van der Waals surface area (Å²) in [5.74, 6) is 0. The zero-order valence-corrected chi connectivity index (χ0v) is 15.3. The van der Waals surface area contributed by atoms with Crippen LogP contribution in [0, 0.1) is 12.1 Å². The van der Waals surface area contributed by atoms with Crippen molar-refractivity contribution in [1.82, 2.24) is 0 Å². The number of allylic oxidation sites excluding steroid dienone is 2. The van der Waals surface area contributed by atoms with E-state index in [2.05, 4.69) is 48.6 Å². The first kappa shape index (κ1) is 16.8. The third-order valence-electron chi connectivity index (χ3n) is 4.02. The number of rotatable bonds is 4. The molecule has 0 radical (unpaired) electrons. The Labute approximate surface area is 157 Å². The predicted molar refractivity (Wildman–Crippen MR) is 93.8 cm³/mol. The Bertz CT molecular complexity index is 735. The summed E-state index contributed by atoms with van der Waals surface area (Å²) in [7, 11) is 0. The molecule has 3 heteroatoms. The fourth-order valence-corrected chi connectivity index (χ4v) is 2.86. The van der Waals surface area contributed by atoms with E-state index >= 15 is 0 Å². The molecule has 0 saturated carbocycles. The van der Waals surface area contributed by atoms with E-state index in [-0.39, 0.29) is 33.1 Å². The van der Waals surface area contributed by atoms with Crippen molar-refractivity contribution >= 4 is 11.4 Å². The number of hydrogen-bond donors (Lipinski definition) is 0. The van der Waals surface area contributed by atoms with Crippen LogP contribution < -0.4 is 0 Å². The number of aliphatic imine (C=N–C) groups is 2. The maximum atomic E-state index is 4.77. The largest absolute Gasteiger partial charge is 2.00 e. The summed E-state index contributed by atoms with van der Waals surface area (Å²) in [6, 6.07) is 22.7. The van der Waals surface area contributed by atoms with Gasteiger partial charge in [-0.25, -0.2) is 0 Å². The van der Waals surface area contributed by atoms with Crippen molar-refractivity contribution in [2.45, 2.75) is 18.5 Å². The molecule has 0 bridgehead atoms. The molecule has 2 unspecified atom stereocenters. The summed E-state index contributed by atoms with van der Waals surface area (Å²) in [6.07, 6.45) is 9.24. The number of hydrogen-bond acceptors (Lipinski definition) is 2. The maximum absolute atomic E-state index is 4.77. The molecule has 0 aromatic heterocycles. The summed E-state index contributed by atoms with van der Waals surface area (Å²) in [4.78, 5) is 9.54. The van der Waals surface area contributed by atoms with Crippen LogP contribution in [-0.2, 0) is 21.1 Å². The second kappa shape index (κ2) is 7.68. The molecular weight excluding hydrogens is 475 g/mol. The first-order chi connectivity index (χ1) is 11.4. The van der Waals surface area contributed by atoms with E-state index in [0.29, 0.717) is 0 Å². The second-order valence-corrected chi connectivity index (χ2v) is 5.66. The third kappa shape index (κ3) is 3.71. The molecule has 0 spiro atoms. The van der Waals surface area contributed by atoms with Crippen LogP contribution in [0.5, 0.6) is 0 Å². The molecule has 2 aromatic rings. The minimum absolute atomic E-state index is 0. The van der Waals surface area contributed by atoms with Crippen molar-refractivity contribution in [1.29, 1.82) is 0 Å². The molecule has 0 fully saturated rings. The van der Waals surface area contributed by atoms with Gasteiger partial charge in [0.1, 0.15) is 0 Å². The smallest absolute Gasteiger partial charge is 0.279 e. The molecule has 0 aliphatic carbocycles. The topological polar surface area (TPSA) is 24.7 Å². The van der Waals surface area contributed by atoms with Crippen molar-refractivity contribution in [3.05, 3.63) is 96.1 Å². The van der Waals surface area contributed by atoms with Crippen LogP contribution in [0.25, 0.3) is 0 Å². The van der Waals surface area contributed by atoms with E-state index in [4.69, 9.17) is 9.98 Å². The second-order valence-electron chi connectivity index (χ2n) is 5.66. The van der Waals surface area contributed by atoms with Crippen LogP contribution in [0.3, 0.4) is 0 Å². The van der Waals surface area contributed by atoms with E-state index in [1.165, 1.54) is 0 Å². The van der Waals surface area contributed by atoms with Gasteiger partial charge in [-0.3, -0.25) is 9.98 Å². The van der Waals surface area contributed by atoms with Gasteiger partial charge >= 0.3 is 21.1 Å². The number of benzene rings is 2. The normalized spacial score (nSPS) is 21.3. The molecule has 2 atom stereocenters. The number of nitrogens with zero attached hydrogens (tertiary/aromatic N) is 2. The zero-order chi connectivity index (χ0) is 15.5. The monoisotopic (exact) mass is 491 g/mol. The predicted octanol–water partition coefficient (Wildman–Crippen LogP) is 4.48. The van der Waals surface area contributed by atoms with E-state index in [1.807, 2.05) is 36.4 Å². The molecular formula is C21H16N2Pt. The molecule has 2 aliphatic heterocycles. The minimum atomic E-state index is 0. The first-order valence-electron chi connectivity index (χ1n) is 7.81. The van der Waals surface area contributed by atoms with Gasteiger partial charge < -0.3 is 0 Å². The SMILES string of the molecule is [Pt+2].[c-]1ccccc1C1C=CC(CC2=NC(c3[c-]cccc3)C=C2)=N1. The van der Waals surface area contributed by atoms with Gasteiger partial charge in [-0.15, -0.1) is 11.1 Å². The van der Waals surface area contributed by atoms with Crippen molar-refractivity contribution in [2.75, 3.05) is 0 Å². The first-order valence-corrected chi connectivity index (χ1v) is 7.81. The van der Waals surface area contributed by atoms with Crippen molar-refractivity contribution in [3.8, 4) is 0 Å². The van der Waals surface area contributed by atoms with E-state index in [9.17, 15) is 0 Å². The van der Waals surface area contributed by atoms with Gasteiger partial charge in [-0.05, 0) is 12.2 Å². The van der Waals surface area contributed by atoms with Crippen LogP contribution in [0.15, 0.2) is 82.8 Å². The minimum Gasteiger partial charge on any atom is -0.279 e. The average molecular weight is 491 g/mol. The fourth-order valence-electron chi connectivity index (χ4n) is 2.86. The summed E-state index contributed by atoms with van der Waals surface area (Å²) < 4.78 is 0. The molecule has 0 amide bonds. The Hall–Kier alpha value is -2.05. The van der Waals surface area contributed by atoms with Gasteiger partial charge in [-0.1, -0.05) is 12.2 Å². The average Bonchev–Trinajstić information content (AvgIpc) is 3.27. The summed E-state index contributed by atoms with van der Waals surface area (Å²) in [6.45, 7) is 0. The van der Waals surface area contributed by atoms with Gasteiger partial charge in [0, 0.05) is 17.8 Å². The molecule has 2 nitrogen and oxygen atoms in total. The molecule has 2 aliphatic rings. The van der Waals surface area contributed by atoms with Gasteiger partial charge in [0.15, 0.2) is 0 Å². The van der Waals surface area contributed by atoms with Crippen LogP contribution in [0.2, 0.25) is 0 Å². The van der Waals surface area contributed by atoms with Crippen LogP contribution >= 0.6 is 0 Å².